The summed E-state index contributed by atoms with van der Waals surface area (Å²) in [6.45, 7) is 0. The highest BCUT2D eigenvalue weighted by Gasteiger charge is 2.34. The molecule has 11 heteroatoms. The summed E-state index contributed by atoms with van der Waals surface area (Å²) in [7, 11) is 3.01. The van der Waals surface area contributed by atoms with E-state index in [1.165, 1.54) is 20.2 Å². The Morgan fingerprint density at radius 2 is 1.74 bits per heavy atom. The Morgan fingerprint density at radius 1 is 1.00 bits per heavy atom. The van der Waals surface area contributed by atoms with Gasteiger partial charge in [-0.15, -0.1) is 0 Å². The van der Waals surface area contributed by atoms with E-state index < -0.39 is 22.3 Å². The molecule has 0 aliphatic heterocycles. The van der Waals surface area contributed by atoms with E-state index in [0.29, 0.717) is 29.5 Å². The number of aromatic nitrogens is 1. The third-order valence-electron chi connectivity index (χ3n) is 7.56. The fourth-order valence-electron chi connectivity index (χ4n) is 5.37. The van der Waals surface area contributed by atoms with Crippen LogP contribution in [0.25, 0.3) is 10.9 Å². The smallest absolute Gasteiger partial charge is 0.293 e. The lowest BCUT2D eigenvalue weighted by Crippen LogP contribution is -2.49. The third-order valence-corrected chi connectivity index (χ3v) is 7.56. The molecule has 0 saturated heterocycles. The Morgan fingerprint density at radius 3 is 2.41 bits per heavy atom. The molecule has 0 radical (unpaired) electrons. The van der Waals surface area contributed by atoms with Crippen LogP contribution in [0.4, 0.5) is 11.4 Å². The van der Waals surface area contributed by atoms with E-state index in [1.807, 2.05) is 0 Å². The lowest BCUT2D eigenvalue weighted by molar-refractivity contribution is -0.384. The number of nitrogens with one attached hydrogen (secondary N) is 4. The zero-order valence-electron chi connectivity index (χ0n) is 21.8. The molecule has 3 aromatic rings. The summed E-state index contributed by atoms with van der Waals surface area (Å²) < 4.78 is 5.30. The van der Waals surface area contributed by atoms with Crippen LogP contribution >= 0.6 is 0 Å². The van der Waals surface area contributed by atoms with Gasteiger partial charge in [-0.2, -0.15) is 0 Å². The van der Waals surface area contributed by atoms with E-state index in [4.69, 9.17) is 4.74 Å². The highest BCUT2D eigenvalue weighted by Crippen LogP contribution is 2.44. The standard InChI is InChI=1S/C28H31N5O6/c1-29-27(35)20-11-16(15-7-8-15)12-24(33(37)38)26(20)31-22-5-3-4-6-23(22)32-28(36)19-14-25(34)30-21-10-9-17(39-2)13-18(19)21/h9-15,22-23,31H,3-8H2,1-2H3,(H,29,35)(H,30,34)(H,32,36)/t22-,23+/m1/s1. The number of nitrogens with zero attached hydrogens (tertiary/aromatic N) is 1. The molecule has 2 aliphatic rings. The van der Waals surface area contributed by atoms with E-state index >= 15 is 0 Å². The molecule has 2 aliphatic carbocycles. The Hall–Kier alpha value is -4.41. The van der Waals surface area contributed by atoms with Crippen LogP contribution in [0.5, 0.6) is 5.75 Å². The molecule has 2 aromatic carbocycles. The second kappa shape index (κ2) is 10.8. The first-order valence-corrected chi connectivity index (χ1v) is 13.1. The number of fused-ring (bicyclic) bond motifs is 1. The first-order valence-electron chi connectivity index (χ1n) is 13.1. The number of carbonyl (C=O) groups excluding carboxylic acids is 2. The van der Waals surface area contributed by atoms with E-state index in [2.05, 4.69) is 20.9 Å². The van der Waals surface area contributed by atoms with Gasteiger partial charge in [0.05, 0.1) is 23.2 Å². The fourth-order valence-corrected chi connectivity index (χ4v) is 5.37. The summed E-state index contributed by atoms with van der Waals surface area (Å²) in [4.78, 5) is 53.0. The molecule has 204 valence electrons. The number of hydrogen-bond donors (Lipinski definition) is 4. The number of rotatable bonds is 8. The molecule has 0 unspecified atom stereocenters. The Kier molecular flexibility index (Phi) is 7.23. The molecule has 4 N–H and O–H groups in total. The molecule has 11 nitrogen and oxygen atoms in total. The molecule has 5 rings (SSSR count). The topological polar surface area (TPSA) is 155 Å². The van der Waals surface area contributed by atoms with Crippen molar-refractivity contribution in [3.8, 4) is 5.75 Å². The van der Waals surface area contributed by atoms with Gasteiger partial charge in [-0.05, 0) is 61.4 Å². The van der Waals surface area contributed by atoms with Gasteiger partial charge in [0.2, 0.25) is 5.56 Å². The molecule has 2 fully saturated rings. The number of carbonyl (C=O) groups is 2. The predicted octanol–water partition coefficient (Wildman–Crippen LogP) is 3.84. The van der Waals surface area contributed by atoms with E-state index in [1.54, 1.807) is 30.3 Å². The monoisotopic (exact) mass is 533 g/mol. The number of ether oxygens (including phenoxy) is 1. The van der Waals surface area contributed by atoms with E-state index in [9.17, 15) is 24.5 Å². The zero-order valence-corrected chi connectivity index (χ0v) is 21.8. The molecule has 2 atom stereocenters. The van der Waals surface area contributed by atoms with Crippen LogP contribution in [0, 0.1) is 10.1 Å². The van der Waals surface area contributed by atoms with E-state index in [0.717, 1.165) is 31.2 Å². The average molecular weight is 534 g/mol. The van der Waals surface area contributed by atoms with Crippen molar-refractivity contribution in [2.75, 3.05) is 19.5 Å². The molecule has 1 heterocycles. The number of H-pyrrole nitrogens is 1. The van der Waals surface area contributed by atoms with Crippen LogP contribution in [0.15, 0.2) is 41.2 Å². The Labute approximate surface area is 224 Å². The molecule has 39 heavy (non-hydrogen) atoms. The van der Waals surface area contributed by atoms with Gasteiger partial charge in [0.25, 0.3) is 17.5 Å². The third kappa shape index (κ3) is 5.43. The number of hydrogen-bond acceptors (Lipinski definition) is 7. The van der Waals surface area contributed by atoms with Gasteiger partial charge in [-0.3, -0.25) is 24.5 Å². The number of anilines is 1. The van der Waals surface area contributed by atoms with Crippen LogP contribution < -0.4 is 26.2 Å². The molecule has 2 amide bonds. The highest BCUT2D eigenvalue weighted by atomic mass is 16.6. The number of methoxy groups -OCH3 is 1. The van der Waals surface area contributed by atoms with Crippen molar-refractivity contribution in [3.63, 3.8) is 0 Å². The largest absolute Gasteiger partial charge is 0.497 e. The number of nitro benzene ring substituents is 1. The number of aromatic amines is 1. The molecule has 2 saturated carbocycles. The molecular formula is C28H31N5O6. The Balaban J connectivity index is 1.47. The number of benzene rings is 2. The molecule has 1 aromatic heterocycles. The van der Waals surface area contributed by atoms with Gasteiger partial charge in [0.15, 0.2) is 0 Å². The van der Waals surface area contributed by atoms with Crippen LogP contribution in [-0.4, -0.2) is 48.0 Å². The maximum atomic E-state index is 13.5. The summed E-state index contributed by atoms with van der Waals surface area (Å²) in [6, 6.07) is 8.88. The zero-order chi connectivity index (χ0) is 27.7. The van der Waals surface area contributed by atoms with Gasteiger partial charge < -0.3 is 25.7 Å². The highest BCUT2D eigenvalue weighted by molar-refractivity contribution is 6.06. The second-order valence-corrected chi connectivity index (χ2v) is 10.1. The average Bonchev–Trinajstić information content (AvgIpc) is 3.78. The summed E-state index contributed by atoms with van der Waals surface area (Å²) in [5.74, 6) is -0.0681. The summed E-state index contributed by atoms with van der Waals surface area (Å²) in [5, 5.41) is 21.5. The first kappa shape index (κ1) is 26.2. The Bertz CT molecular complexity index is 1510. The lowest BCUT2D eigenvalue weighted by Gasteiger charge is -2.34. The van der Waals surface area contributed by atoms with Crippen LogP contribution in [-0.2, 0) is 0 Å². The van der Waals surface area contributed by atoms with Crippen molar-refractivity contribution in [1.82, 2.24) is 15.6 Å². The van der Waals surface area contributed by atoms with Crippen LogP contribution in [0.1, 0.15) is 70.7 Å². The molecule has 0 spiro atoms. The predicted molar refractivity (Wildman–Crippen MR) is 147 cm³/mol. The fraction of sp³-hybridized carbons (Fsp3) is 0.393. The maximum absolute atomic E-state index is 13.5. The first-order chi connectivity index (χ1) is 18.8. The second-order valence-electron chi connectivity index (χ2n) is 10.1. The van der Waals surface area contributed by atoms with Crippen LogP contribution in [0.2, 0.25) is 0 Å². The summed E-state index contributed by atoms with van der Waals surface area (Å²) in [5.41, 5.74) is 1.32. The van der Waals surface area contributed by atoms with Gasteiger partial charge >= 0.3 is 0 Å². The number of amides is 2. The number of nitro groups is 1. The minimum atomic E-state index is -0.465. The van der Waals surface area contributed by atoms with Gasteiger partial charge in [0, 0.05) is 42.2 Å². The van der Waals surface area contributed by atoms with E-state index in [-0.39, 0.29) is 40.5 Å². The van der Waals surface area contributed by atoms with Crippen molar-refractivity contribution >= 4 is 34.1 Å². The van der Waals surface area contributed by atoms with Crippen molar-refractivity contribution in [3.05, 3.63) is 73.6 Å². The van der Waals surface area contributed by atoms with Crippen molar-refractivity contribution in [2.24, 2.45) is 0 Å². The minimum Gasteiger partial charge on any atom is -0.497 e. The van der Waals surface area contributed by atoms with Crippen molar-refractivity contribution in [1.29, 1.82) is 0 Å². The van der Waals surface area contributed by atoms with Gasteiger partial charge in [0.1, 0.15) is 11.4 Å². The molecular weight excluding hydrogens is 502 g/mol. The van der Waals surface area contributed by atoms with Gasteiger partial charge in [-0.25, -0.2) is 0 Å². The maximum Gasteiger partial charge on any atom is 0.293 e. The minimum absolute atomic E-state index is 0.152. The van der Waals surface area contributed by atoms with Crippen LogP contribution in [0.3, 0.4) is 0 Å². The quantitative estimate of drug-likeness (QED) is 0.253. The summed E-state index contributed by atoms with van der Waals surface area (Å²) >= 11 is 0. The van der Waals surface area contributed by atoms with Crippen molar-refractivity contribution in [2.45, 2.75) is 56.5 Å². The number of pyridine rings is 1. The van der Waals surface area contributed by atoms with Gasteiger partial charge in [-0.1, -0.05) is 12.8 Å². The summed E-state index contributed by atoms with van der Waals surface area (Å²) in [6.07, 6.45) is 4.88. The van der Waals surface area contributed by atoms with Crippen molar-refractivity contribution < 1.29 is 19.2 Å². The molecule has 0 bridgehead atoms. The normalized spacial score (nSPS) is 18.8. The SMILES string of the molecule is CNC(=O)c1cc(C2CC2)cc([N+](=O)[O-])c1N[C@@H]1CCCC[C@@H]1NC(=O)c1cc(=O)[nH]c2ccc(OC)cc12. The lowest BCUT2D eigenvalue weighted by atomic mass is 9.89.